The molecule has 0 unspecified atom stereocenters. The van der Waals surface area contributed by atoms with Crippen LogP contribution in [0.3, 0.4) is 0 Å². The highest BCUT2D eigenvalue weighted by Gasteiger charge is 2.17. The van der Waals surface area contributed by atoms with Gasteiger partial charge < -0.3 is 4.90 Å². The standard InChI is InChI=1S/C11H23NS.C2H6/c1-3-4-11-5-7-12(8-6-11)9-10-13-2;1-2/h11H,3-10H2,1-2H3;1-2H3. The number of hydrogen-bond acceptors (Lipinski definition) is 2. The Balaban J connectivity index is 0.000000921. The monoisotopic (exact) mass is 231 g/mol. The topological polar surface area (TPSA) is 3.24 Å². The van der Waals surface area contributed by atoms with E-state index in [4.69, 9.17) is 0 Å². The van der Waals surface area contributed by atoms with Crippen molar-refractivity contribution in [2.45, 2.75) is 46.5 Å². The predicted molar refractivity (Wildman–Crippen MR) is 73.8 cm³/mol. The lowest BCUT2D eigenvalue weighted by atomic mass is 9.93. The first-order valence-electron chi connectivity index (χ1n) is 6.58. The van der Waals surface area contributed by atoms with Crippen molar-refractivity contribution in [2.75, 3.05) is 31.6 Å². The lowest BCUT2D eigenvalue weighted by molar-refractivity contribution is 0.187. The molecule has 15 heavy (non-hydrogen) atoms. The van der Waals surface area contributed by atoms with E-state index in [1.165, 1.54) is 51.1 Å². The second-order valence-electron chi connectivity index (χ2n) is 4.07. The van der Waals surface area contributed by atoms with E-state index in [0.717, 1.165) is 5.92 Å². The van der Waals surface area contributed by atoms with Gasteiger partial charge >= 0.3 is 0 Å². The van der Waals surface area contributed by atoms with Crippen molar-refractivity contribution in [3.63, 3.8) is 0 Å². The molecule has 1 nitrogen and oxygen atoms in total. The fraction of sp³-hybridized carbons (Fsp3) is 1.00. The predicted octanol–water partition coefficient (Wildman–Crippen LogP) is 3.89. The highest BCUT2D eigenvalue weighted by molar-refractivity contribution is 7.98. The van der Waals surface area contributed by atoms with E-state index in [1.807, 2.05) is 25.6 Å². The molecule has 1 rings (SSSR count). The van der Waals surface area contributed by atoms with Crippen LogP contribution in [-0.4, -0.2) is 36.5 Å². The molecular formula is C13H29NS. The Morgan fingerprint density at radius 3 is 2.27 bits per heavy atom. The minimum atomic E-state index is 1.04. The quantitative estimate of drug-likeness (QED) is 0.706. The Bertz CT molecular complexity index is 120. The first-order valence-corrected chi connectivity index (χ1v) is 7.97. The molecule has 0 spiro atoms. The molecule has 0 aliphatic carbocycles. The molecule has 0 bridgehead atoms. The maximum atomic E-state index is 2.63. The van der Waals surface area contributed by atoms with Crippen molar-refractivity contribution in [3.05, 3.63) is 0 Å². The Labute approximate surface area is 101 Å². The molecule has 1 fully saturated rings. The van der Waals surface area contributed by atoms with Crippen LogP contribution in [0, 0.1) is 5.92 Å². The Morgan fingerprint density at radius 2 is 1.80 bits per heavy atom. The van der Waals surface area contributed by atoms with E-state index in [-0.39, 0.29) is 0 Å². The van der Waals surface area contributed by atoms with E-state index in [0.29, 0.717) is 0 Å². The fourth-order valence-electron chi connectivity index (χ4n) is 2.13. The first kappa shape index (κ1) is 15.3. The van der Waals surface area contributed by atoms with Gasteiger partial charge in [-0.2, -0.15) is 11.8 Å². The van der Waals surface area contributed by atoms with Crippen LogP contribution < -0.4 is 0 Å². The molecule has 2 heteroatoms. The maximum Gasteiger partial charge on any atom is 0.00722 e. The third-order valence-electron chi connectivity index (χ3n) is 3.02. The molecule has 92 valence electrons. The van der Waals surface area contributed by atoms with Gasteiger partial charge in [0.2, 0.25) is 0 Å². The Kier molecular flexibility index (Phi) is 11.0. The molecule has 0 amide bonds. The molecule has 0 atom stereocenters. The summed E-state index contributed by atoms with van der Waals surface area (Å²) in [6.07, 6.45) is 7.92. The summed E-state index contributed by atoms with van der Waals surface area (Å²) in [6.45, 7) is 10.3. The third-order valence-corrected chi connectivity index (χ3v) is 3.61. The summed E-state index contributed by atoms with van der Waals surface area (Å²) >= 11 is 1.96. The maximum absolute atomic E-state index is 2.63. The zero-order chi connectivity index (χ0) is 11.5. The van der Waals surface area contributed by atoms with Gasteiger partial charge in [0.15, 0.2) is 0 Å². The van der Waals surface area contributed by atoms with E-state index in [2.05, 4.69) is 18.1 Å². The van der Waals surface area contributed by atoms with Gasteiger partial charge in [-0.1, -0.05) is 33.6 Å². The van der Waals surface area contributed by atoms with Gasteiger partial charge in [-0.3, -0.25) is 0 Å². The lowest BCUT2D eigenvalue weighted by Gasteiger charge is -2.31. The van der Waals surface area contributed by atoms with Gasteiger partial charge in [0, 0.05) is 12.3 Å². The zero-order valence-electron chi connectivity index (χ0n) is 11.1. The molecule has 0 aromatic rings. The van der Waals surface area contributed by atoms with E-state index >= 15 is 0 Å². The van der Waals surface area contributed by atoms with E-state index in [9.17, 15) is 0 Å². The van der Waals surface area contributed by atoms with Crippen LogP contribution in [0.4, 0.5) is 0 Å². The molecule has 0 aromatic carbocycles. The van der Waals surface area contributed by atoms with E-state index in [1.54, 1.807) is 0 Å². The summed E-state index contributed by atoms with van der Waals surface area (Å²) in [5.41, 5.74) is 0. The smallest absolute Gasteiger partial charge is 0.00722 e. The van der Waals surface area contributed by atoms with Crippen molar-refractivity contribution < 1.29 is 0 Å². The number of thioether (sulfide) groups is 1. The van der Waals surface area contributed by atoms with E-state index < -0.39 is 0 Å². The average molecular weight is 231 g/mol. The van der Waals surface area contributed by atoms with Crippen LogP contribution >= 0.6 is 11.8 Å². The van der Waals surface area contributed by atoms with Crippen molar-refractivity contribution in [1.29, 1.82) is 0 Å². The molecule has 0 aromatic heterocycles. The van der Waals surface area contributed by atoms with Crippen LogP contribution in [-0.2, 0) is 0 Å². The van der Waals surface area contributed by atoms with Crippen molar-refractivity contribution in [2.24, 2.45) is 5.92 Å². The van der Waals surface area contributed by atoms with Gasteiger partial charge in [-0.25, -0.2) is 0 Å². The summed E-state index contributed by atoms with van der Waals surface area (Å²) in [4.78, 5) is 2.63. The highest BCUT2D eigenvalue weighted by Crippen LogP contribution is 2.21. The van der Waals surface area contributed by atoms with Gasteiger partial charge in [0.25, 0.3) is 0 Å². The molecule has 0 N–H and O–H groups in total. The molecule has 1 aliphatic heterocycles. The third kappa shape index (κ3) is 7.24. The molecule has 0 saturated carbocycles. The number of rotatable bonds is 5. The van der Waals surface area contributed by atoms with Crippen molar-refractivity contribution >= 4 is 11.8 Å². The number of nitrogens with zero attached hydrogens (tertiary/aromatic N) is 1. The van der Waals surface area contributed by atoms with Gasteiger partial charge in [-0.05, 0) is 38.1 Å². The number of likely N-dealkylation sites (tertiary alicyclic amines) is 1. The van der Waals surface area contributed by atoms with Gasteiger partial charge in [-0.15, -0.1) is 0 Å². The molecule has 1 saturated heterocycles. The number of hydrogen-bond donors (Lipinski definition) is 0. The SMILES string of the molecule is CC.CCCC1CCN(CCSC)CC1. The van der Waals surface area contributed by atoms with Crippen LogP contribution in [0.1, 0.15) is 46.5 Å². The van der Waals surface area contributed by atoms with Gasteiger partial charge in [0.05, 0.1) is 0 Å². The summed E-state index contributed by atoms with van der Waals surface area (Å²) in [5, 5.41) is 0. The second kappa shape index (κ2) is 10.8. The normalized spacial score (nSPS) is 18.4. The average Bonchev–Trinajstić information content (AvgIpc) is 2.31. The van der Waals surface area contributed by atoms with Crippen LogP contribution in [0.25, 0.3) is 0 Å². The Morgan fingerprint density at radius 1 is 1.20 bits per heavy atom. The van der Waals surface area contributed by atoms with Crippen molar-refractivity contribution in [1.82, 2.24) is 4.90 Å². The Hall–Kier alpha value is 0.310. The van der Waals surface area contributed by atoms with Crippen LogP contribution in [0.2, 0.25) is 0 Å². The van der Waals surface area contributed by atoms with Crippen LogP contribution in [0.5, 0.6) is 0 Å². The summed E-state index contributed by atoms with van der Waals surface area (Å²) < 4.78 is 0. The molecule has 1 heterocycles. The largest absolute Gasteiger partial charge is 0.302 e. The van der Waals surface area contributed by atoms with Gasteiger partial charge in [0.1, 0.15) is 0 Å². The minimum Gasteiger partial charge on any atom is -0.302 e. The first-order chi connectivity index (χ1) is 7.36. The zero-order valence-corrected chi connectivity index (χ0v) is 11.9. The van der Waals surface area contributed by atoms with Crippen LogP contribution in [0.15, 0.2) is 0 Å². The summed E-state index contributed by atoms with van der Waals surface area (Å²) in [7, 11) is 0. The number of piperidine rings is 1. The molecular weight excluding hydrogens is 202 g/mol. The van der Waals surface area contributed by atoms with Crippen molar-refractivity contribution in [3.8, 4) is 0 Å². The minimum absolute atomic E-state index is 1.04. The lowest BCUT2D eigenvalue weighted by Crippen LogP contribution is -2.35. The molecule has 0 radical (unpaired) electrons. The fourth-order valence-corrected chi connectivity index (χ4v) is 2.57. The summed E-state index contributed by atoms with van der Waals surface area (Å²) in [6, 6.07) is 0. The second-order valence-corrected chi connectivity index (χ2v) is 5.05. The molecule has 1 aliphatic rings. The highest BCUT2D eigenvalue weighted by atomic mass is 32.2. The summed E-state index contributed by atoms with van der Waals surface area (Å²) in [5.74, 6) is 2.34.